The molecule has 17 heavy (non-hydrogen) atoms. The summed E-state index contributed by atoms with van der Waals surface area (Å²) in [5, 5.41) is 6.71. The minimum atomic E-state index is -1.43. The molecule has 0 radical (unpaired) electrons. The minimum absolute atomic E-state index is 1.41. The second-order valence-electron chi connectivity index (χ2n) is 5.91. The normalized spacial score (nSPS) is 12.0. The van der Waals surface area contributed by atoms with Crippen LogP contribution in [-0.2, 0) is 0 Å². The van der Waals surface area contributed by atoms with Crippen molar-refractivity contribution in [2.45, 2.75) is 100 Å². The molecule has 104 valence electrons. The first-order valence-corrected chi connectivity index (χ1v) is 14.2. The van der Waals surface area contributed by atoms with Gasteiger partial charge in [0.15, 0.2) is 0 Å². The Morgan fingerprint density at radius 3 is 0.882 bits per heavy atom. The summed E-state index contributed by atoms with van der Waals surface area (Å²) in [6.45, 7) is 9.47. The Kier molecular flexibility index (Phi) is 12.0. The zero-order valence-corrected chi connectivity index (χ0v) is 15.1. The predicted octanol–water partition coefficient (Wildman–Crippen LogP) is 6.64. The van der Waals surface area contributed by atoms with E-state index >= 15 is 0 Å². The van der Waals surface area contributed by atoms with Gasteiger partial charge in [-0.1, -0.05) is 0 Å². The van der Waals surface area contributed by atoms with Crippen LogP contribution >= 0.6 is 0 Å². The number of hydrogen-bond donors (Lipinski definition) is 0. The van der Waals surface area contributed by atoms with Crippen molar-refractivity contribution < 1.29 is 0 Å². The van der Waals surface area contributed by atoms with E-state index in [0.29, 0.717) is 0 Å². The summed E-state index contributed by atoms with van der Waals surface area (Å²) in [4.78, 5) is 0. The van der Waals surface area contributed by atoms with E-state index in [9.17, 15) is 0 Å². The van der Waals surface area contributed by atoms with Crippen molar-refractivity contribution in [2.24, 2.45) is 0 Å². The van der Waals surface area contributed by atoms with Crippen LogP contribution in [0.1, 0.15) is 79.1 Å². The fourth-order valence-corrected chi connectivity index (χ4v) is 15.4. The molecule has 0 rings (SSSR count). The molecule has 0 spiro atoms. The maximum atomic E-state index is 2.37. The van der Waals surface area contributed by atoms with Gasteiger partial charge in [0.25, 0.3) is 0 Å². The quantitative estimate of drug-likeness (QED) is 0.355. The topological polar surface area (TPSA) is 0 Å². The average molecular weight is 301 g/mol. The van der Waals surface area contributed by atoms with Crippen LogP contribution in [0.3, 0.4) is 0 Å². The fraction of sp³-hybridized carbons (Fsp3) is 1.00. The number of hydrogen-bond acceptors (Lipinski definition) is 0. The van der Waals surface area contributed by atoms with E-state index in [-0.39, 0.29) is 0 Å². The second kappa shape index (κ2) is 11.6. The van der Waals surface area contributed by atoms with E-state index in [1.165, 1.54) is 51.4 Å². The van der Waals surface area contributed by atoms with Crippen molar-refractivity contribution in [3.05, 3.63) is 0 Å². The van der Waals surface area contributed by atoms with Crippen LogP contribution in [0, 0.1) is 0 Å². The third kappa shape index (κ3) is 8.29. The van der Waals surface area contributed by atoms with Crippen LogP contribution in [0.4, 0.5) is 0 Å². The molecule has 0 fully saturated rings. The first kappa shape index (κ1) is 17.5. The molecule has 1 heteroatoms. The van der Waals surface area contributed by atoms with Crippen molar-refractivity contribution in [1.29, 1.82) is 0 Å². The Morgan fingerprint density at radius 1 is 0.471 bits per heavy atom. The van der Waals surface area contributed by atoms with E-state index in [4.69, 9.17) is 0 Å². The van der Waals surface area contributed by atoms with Crippen LogP contribution in [-0.4, -0.2) is 13.3 Å². The van der Waals surface area contributed by atoms with Gasteiger partial charge in [0.2, 0.25) is 0 Å². The molecule has 0 aliphatic carbocycles. The van der Waals surface area contributed by atoms with E-state index in [2.05, 4.69) is 27.7 Å². The molecule has 0 aliphatic heterocycles. The van der Waals surface area contributed by atoms with Gasteiger partial charge < -0.3 is 0 Å². The summed E-state index contributed by atoms with van der Waals surface area (Å²) in [5.74, 6) is 0. The maximum absolute atomic E-state index is 2.37. The van der Waals surface area contributed by atoms with Gasteiger partial charge in [-0.2, -0.15) is 0 Å². The summed E-state index contributed by atoms with van der Waals surface area (Å²) < 4.78 is 0. The van der Waals surface area contributed by atoms with E-state index in [1.807, 2.05) is 0 Å². The van der Waals surface area contributed by atoms with Gasteiger partial charge in [-0.3, -0.25) is 0 Å². The van der Waals surface area contributed by atoms with Crippen molar-refractivity contribution in [2.75, 3.05) is 0 Å². The summed E-state index contributed by atoms with van der Waals surface area (Å²) in [6.07, 6.45) is 11.8. The molecular formula is C16H36Ge. The molecule has 0 aromatic heterocycles. The number of rotatable bonds is 12. The Hall–Kier alpha value is 0.543. The van der Waals surface area contributed by atoms with Crippen LogP contribution in [0.25, 0.3) is 0 Å². The van der Waals surface area contributed by atoms with Gasteiger partial charge in [-0.25, -0.2) is 0 Å². The van der Waals surface area contributed by atoms with Crippen molar-refractivity contribution in [3.63, 3.8) is 0 Å². The Morgan fingerprint density at radius 2 is 0.706 bits per heavy atom. The monoisotopic (exact) mass is 302 g/mol. The molecule has 0 bridgehead atoms. The van der Waals surface area contributed by atoms with Gasteiger partial charge in [-0.15, -0.1) is 0 Å². The third-order valence-electron chi connectivity index (χ3n) is 4.24. The Labute approximate surface area is 113 Å². The van der Waals surface area contributed by atoms with Crippen LogP contribution in [0.15, 0.2) is 0 Å². The zero-order chi connectivity index (χ0) is 13.0. The van der Waals surface area contributed by atoms with Gasteiger partial charge in [-0.05, 0) is 0 Å². The zero-order valence-electron chi connectivity index (χ0n) is 13.0. The molecule has 0 aromatic rings. The molecule has 0 aromatic carbocycles. The molecule has 0 atom stereocenters. The summed E-state index contributed by atoms with van der Waals surface area (Å²) >= 11 is -1.43. The molecule has 0 amide bonds. The summed E-state index contributed by atoms with van der Waals surface area (Å²) in [5.41, 5.74) is 0. The van der Waals surface area contributed by atoms with Crippen molar-refractivity contribution >= 4 is 13.3 Å². The molecule has 0 unspecified atom stereocenters. The van der Waals surface area contributed by atoms with E-state index in [0.717, 1.165) is 0 Å². The molecule has 0 nitrogen and oxygen atoms in total. The predicted molar refractivity (Wildman–Crippen MR) is 84.6 cm³/mol. The molecule has 0 saturated carbocycles. The molecule has 0 heterocycles. The Balaban J connectivity index is 4.39. The van der Waals surface area contributed by atoms with E-state index < -0.39 is 13.3 Å². The van der Waals surface area contributed by atoms with Gasteiger partial charge in [0.1, 0.15) is 0 Å². The summed E-state index contributed by atoms with van der Waals surface area (Å²) in [6, 6.07) is 0. The van der Waals surface area contributed by atoms with Gasteiger partial charge in [0, 0.05) is 0 Å². The van der Waals surface area contributed by atoms with Gasteiger partial charge >= 0.3 is 113 Å². The second-order valence-corrected chi connectivity index (χ2v) is 16.4. The molecule has 0 saturated heterocycles. The summed E-state index contributed by atoms with van der Waals surface area (Å²) in [7, 11) is 0. The van der Waals surface area contributed by atoms with Crippen LogP contribution in [0.5, 0.6) is 0 Å². The van der Waals surface area contributed by atoms with Gasteiger partial charge in [0.05, 0.1) is 0 Å². The third-order valence-corrected chi connectivity index (χ3v) is 16.1. The fourth-order valence-electron chi connectivity index (χ4n) is 2.96. The molecular weight excluding hydrogens is 265 g/mol. The molecule has 0 aliphatic rings. The first-order chi connectivity index (χ1) is 8.24. The standard InChI is InChI=1S/C16H36Ge/c1-5-9-13-17(14-10-6-2,15-11-7-3)16-12-8-4/h5-16H2,1-4H3. The van der Waals surface area contributed by atoms with E-state index in [1.54, 1.807) is 21.0 Å². The van der Waals surface area contributed by atoms with Crippen LogP contribution < -0.4 is 0 Å². The number of unbranched alkanes of at least 4 members (excludes halogenated alkanes) is 4. The first-order valence-electron chi connectivity index (χ1n) is 8.24. The SMILES string of the molecule is CCC[CH2][Ge]([CH2]CCC)([CH2]CCC)[CH2]CCC. The average Bonchev–Trinajstić information content (AvgIpc) is 2.37. The molecule has 0 N–H and O–H groups in total. The Bertz CT molecular complexity index is 116. The van der Waals surface area contributed by atoms with Crippen molar-refractivity contribution in [3.8, 4) is 0 Å². The van der Waals surface area contributed by atoms with Crippen molar-refractivity contribution in [1.82, 2.24) is 0 Å². The van der Waals surface area contributed by atoms with Crippen LogP contribution in [0.2, 0.25) is 21.0 Å².